The Kier molecular flexibility index (Phi) is 12.9. The quantitative estimate of drug-likeness (QED) is 0.0997. The van der Waals surface area contributed by atoms with Crippen molar-refractivity contribution in [3.8, 4) is 0 Å². The minimum atomic E-state index is -0.473. The van der Waals surface area contributed by atoms with E-state index in [1.807, 2.05) is 71.6 Å². The highest BCUT2D eigenvalue weighted by atomic mass is 35.5. The third kappa shape index (κ3) is 9.68. The van der Waals surface area contributed by atoms with Crippen LogP contribution in [-0.2, 0) is 29.1 Å². The number of unbranched alkanes of at least 4 members (excludes halogenated alkanes) is 1. The molecule has 0 radical (unpaired) electrons. The summed E-state index contributed by atoms with van der Waals surface area (Å²) in [6.45, 7) is 3.96. The molecule has 1 aliphatic rings. The van der Waals surface area contributed by atoms with Crippen molar-refractivity contribution in [2.45, 2.75) is 50.9 Å². The van der Waals surface area contributed by atoms with E-state index in [0.29, 0.717) is 42.6 Å². The molecule has 0 aliphatic carbocycles. The van der Waals surface area contributed by atoms with E-state index >= 15 is 0 Å². The molecule has 246 valence electrons. The first kappa shape index (κ1) is 34.6. The fourth-order valence-electron chi connectivity index (χ4n) is 6.35. The zero-order valence-corrected chi connectivity index (χ0v) is 28.5. The second-order valence-corrected chi connectivity index (χ2v) is 13.1. The van der Waals surface area contributed by atoms with Crippen molar-refractivity contribution >= 4 is 35.0 Å². The van der Waals surface area contributed by atoms with E-state index in [0.717, 1.165) is 43.5 Å². The standard InChI is InChI=1S/C39H44Cl2N4O2/c1-43(28-31-16-7-3-8-17-31)24-12-11-21-34(27-42-26-30-14-5-2-6-15-30)45-29-36(32-18-9-4-10-19-32)44(38(46)39(45)47)25-23-33-20-13-22-35(40)37(33)41/h2-10,13-20,22,34,36,42H,11-12,21,23-29H2,1H3/t34-,36+/m0/s1. The predicted molar refractivity (Wildman–Crippen MR) is 191 cm³/mol. The van der Waals surface area contributed by atoms with E-state index in [2.05, 4.69) is 53.7 Å². The molecule has 8 heteroatoms. The number of carbonyl (C=O) groups excluding carboxylic acids is 2. The Labute approximate surface area is 289 Å². The third-order valence-electron chi connectivity index (χ3n) is 8.90. The van der Waals surface area contributed by atoms with Crippen LogP contribution in [-0.4, -0.2) is 65.8 Å². The van der Waals surface area contributed by atoms with Gasteiger partial charge in [-0.1, -0.05) is 133 Å². The number of hydrogen-bond donors (Lipinski definition) is 1. The molecule has 1 aliphatic heterocycles. The van der Waals surface area contributed by atoms with Crippen molar-refractivity contribution in [3.63, 3.8) is 0 Å². The van der Waals surface area contributed by atoms with Crippen molar-refractivity contribution in [2.24, 2.45) is 0 Å². The maximum Gasteiger partial charge on any atom is 0.312 e. The van der Waals surface area contributed by atoms with Crippen molar-refractivity contribution in [2.75, 3.05) is 33.2 Å². The summed E-state index contributed by atoms with van der Waals surface area (Å²) in [6.07, 6.45) is 3.25. The number of amides is 2. The van der Waals surface area contributed by atoms with E-state index < -0.39 is 11.8 Å². The first-order valence-electron chi connectivity index (χ1n) is 16.5. The number of halogens is 2. The summed E-state index contributed by atoms with van der Waals surface area (Å²) in [7, 11) is 2.15. The van der Waals surface area contributed by atoms with Crippen LogP contribution in [0.4, 0.5) is 0 Å². The van der Waals surface area contributed by atoms with Crippen LogP contribution in [0.25, 0.3) is 0 Å². The molecule has 1 fully saturated rings. The lowest BCUT2D eigenvalue weighted by Gasteiger charge is -2.44. The molecule has 47 heavy (non-hydrogen) atoms. The lowest BCUT2D eigenvalue weighted by molar-refractivity contribution is -0.161. The molecule has 0 saturated carbocycles. The van der Waals surface area contributed by atoms with Crippen molar-refractivity contribution in [1.82, 2.24) is 20.0 Å². The summed E-state index contributed by atoms with van der Waals surface area (Å²) >= 11 is 12.8. The zero-order chi connectivity index (χ0) is 33.0. The number of hydrogen-bond acceptors (Lipinski definition) is 4. The Hall–Kier alpha value is -3.68. The predicted octanol–water partition coefficient (Wildman–Crippen LogP) is 7.41. The SMILES string of the molecule is CN(CCCC[C@@H](CNCc1ccccc1)N1C[C@H](c2ccccc2)N(CCc2cccc(Cl)c2Cl)C(=O)C1=O)Cc1ccccc1. The molecule has 1 N–H and O–H groups in total. The van der Waals surface area contributed by atoms with Crippen LogP contribution in [0.5, 0.6) is 0 Å². The number of benzene rings is 4. The fraction of sp³-hybridized carbons (Fsp3) is 0.333. The van der Waals surface area contributed by atoms with E-state index in [4.69, 9.17) is 23.2 Å². The van der Waals surface area contributed by atoms with E-state index in [1.165, 1.54) is 11.1 Å². The molecule has 1 heterocycles. The maximum absolute atomic E-state index is 13.9. The van der Waals surface area contributed by atoms with Crippen LogP contribution in [0.3, 0.4) is 0 Å². The highest BCUT2D eigenvalue weighted by Crippen LogP contribution is 2.31. The van der Waals surface area contributed by atoms with E-state index in [-0.39, 0.29) is 12.1 Å². The normalized spacial score (nSPS) is 15.8. The van der Waals surface area contributed by atoms with Gasteiger partial charge in [-0.3, -0.25) is 9.59 Å². The largest absolute Gasteiger partial charge is 0.328 e. The van der Waals surface area contributed by atoms with Gasteiger partial charge in [0.2, 0.25) is 0 Å². The number of nitrogens with zero attached hydrogens (tertiary/aromatic N) is 3. The van der Waals surface area contributed by atoms with Gasteiger partial charge in [-0.05, 0) is 61.2 Å². The minimum absolute atomic E-state index is 0.120. The summed E-state index contributed by atoms with van der Waals surface area (Å²) in [5, 5.41) is 4.55. The van der Waals surface area contributed by atoms with Crippen LogP contribution in [0, 0.1) is 0 Å². The highest BCUT2D eigenvalue weighted by Gasteiger charge is 2.42. The summed E-state index contributed by atoms with van der Waals surface area (Å²) < 4.78 is 0. The third-order valence-corrected chi connectivity index (χ3v) is 9.76. The molecular weight excluding hydrogens is 627 g/mol. The minimum Gasteiger partial charge on any atom is -0.328 e. The van der Waals surface area contributed by atoms with Gasteiger partial charge in [-0.2, -0.15) is 0 Å². The Balaban J connectivity index is 1.30. The lowest BCUT2D eigenvalue weighted by atomic mass is 9.97. The summed E-state index contributed by atoms with van der Waals surface area (Å²) in [4.78, 5) is 33.7. The molecule has 2 atom stereocenters. The smallest absolute Gasteiger partial charge is 0.312 e. The van der Waals surface area contributed by atoms with Gasteiger partial charge < -0.3 is 20.0 Å². The zero-order valence-electron chi connectivity index (χ0n) is 27.0. The highest BCUT2D eigenvalue weighted by molar-refractivity contribution is 6.42. The number of nitrogens with one attached hydrogen (secondary N) is 1. The summed E-state index contributed by atoms with van der Waals surface area (Å²) in [6, 6.07) is 35.9. The van der Waals surface area contributed by atoms with E-state index in [1.54, 1.807) is 11.0 Å². The first-order valence-corrected chi connectivity index (χ1v) is 17.2. The number of carbonyl (C=O) groups is 2. The monoisotopic (exact) mass is 670 g/mol. The maximum atomic E-state index is 13.9. The van der Waals surface area contributed by atoms with Gasteiger partial charge >= 0.3 is 11.8 Å². The van der Waals surface area contributed by atoms with Crippen LogP contribution in [0.15, 0.2) is 109 Å². The molecular formula is C39H44Cl2N4O2. The lowest BCUT2D eigenvalue weighted by Crippen LogP contribution is -2.60. The summed E-state index contributed by atoms with van der Waals surface area (Å²) in [5.74, 6) is -0.916. The van der Waals surface area contributed by atoms with Gasteiger partial charge in [0.15, 0.2) is 0 Å². The number of piperazine rings is 1. The van der Waals surface area contributed by atoms with Crippen LogP contribution < -0.4 is 5.32 Å². The van der Waals surface area contributed by atoms with Crippen molar-refractivity contribution in [3.05, 3.63) is 141 Å². The molecule has 2 amide bonds. The van der Waals surface area contributed by atoms with Crippen molar-refractivity contribution < 1.29 is 9.59 Å². The Morgan fingerprint density at radius 2 is 1.47 bits per heavy atom. The molecule has 0 aromatic heterocycles. The van der Waals surface area contributed by atoms with Crippen molar-refractivity contribution in [1.29, 1.82) is 0 Å². The van der Waals surface area contributed by atoms with Gasteiger partial charge in [-0.25, -0.2) is 0 Å². The fourth-order valence-corrected chi connectivity index (χ4v) is 6.77. The molecule has 0 bridgehead atoms. The van der Waals surface area contributed by atoms with Gasteiger partial charge in [0, 0.05) is 38.8 Å². The van der Waals surface area contributed by atoms with Gasteiger partial charge in [0.05, 0.1) is 16.1 Å². The van der Waals surface area contributed by atoms with E-state index in [9.17, 15) is 9.59 Å². The second-order valence-electron chi connectivity index (χ2n) is 12.3. The Bertz CT molecular complexity index is 1570. The van der Waals surface area contributed by atoms with Gasteiger partial charge in [-0.15, -0.1) is 0 Å². The molecule has 1 saturated heterocycles. The summed E-state index contributed by atoms with van der Waals surface area (Å²) in [5.41, 5.74) is 4.34. The molecule has 5 rings (SSSR count). The van der Waals surface area contributed by atoms with Crippen LogP contribution >= 0.6 is 23.2 Å². The molecule has 4 aromatic rings. The molecule has 4 aromatic carbocycles. The van der Waals surface area contributed by atoms with Gasteiger partial charge in [0.25, 0.3) is 0 Å². The Morgan fingerprint density at radius 1 is 0.809 bits per heavy atom. The average Bonchev–Trinajstić information content (AvgIpc) is 3.09. The van der Waals surface area contributed by atoms with Gasteiger partial charge in [0.1, 0.15) is 0 Å². The topological polar surface area (TPSA) is 55.9 Å². The Morgan fingerprint density at radius 3 is 2.17 bits per heavy atom. The second kappa shape index (κ2) is 17.5. The average molecular weight is 672 g/mol. The van der Waals surface area contributed by atoms with Crippen LogP contribution in [0.2, 0.25) is 10.0 Å². The number of rotatable bonds is 16. The van der Waals surface area contributed by atoms with Crippen LogP contribution in [0.1, 0.15) is 47.6 Å². The molecule has 0 unspecified atom stereocenters. The molecule has 0 spiro atoms. The first-order chi connectivity index (χ1) is 22.9. The molecule has 6 nitrogen and oxygen atoms in total.